The van der Waals surface area contributed by atoms with Crippen LogP contribution in [0.2, 0.25) is 0 Å². The lowest BCUT2D eigenvalue weighted by Crippen LogP contribution is -2.40. The van der Waals surface area contributed by atoms with Gasteiger partial charge in [-0.3, -0.25) is 14.4 Å². The van der Waals surface area contributed by atoms with Crippen LogP contribution in [0.15, 0.2) is 60.7 Å². The Morgan fingerprint density at radius 3 is 2.19 bits per heavy atom. The van der Waals surface area contributed by atoms with Gasteiger partial charge in [-0.2, -0.15) is 0 Å². The molecule has 6 atom stereocenters. The smallest absolute Gasteiger partial charge is 0.238 e. The van der Waals surface area contributed by atoms with Crippen molar-refractivity contribution in [1.82, 2.24) is 0 Å². The number of imide groups is 1. The molecule has 1 heterocycles. The van der Waals surface area contributed by atoms with Gasteiger partial charge in [0.15, 0.2) is 12.4 Å². The van der Waals surface area contributed by atoms with Crippen molar-refractivity contribution in [3.8, 4) is 11.5 Å². The lowest BCUT2D eigenvalue weighted by Gasteiger charge is -2.37. The Kier molecular flexibility index (Phi) is 4.25. The number of rotatable bonds is 6. The quantitative estimate of drug-likeness (QED) is 0.399. The van der Waals surface area contributed by atoms with E-state index in [-0.39, 0.29) is 47.9 Å². The second-order valence-electron chi connectivity index (χ2n) is 9.07. The molecule has 2 aromatic rings. The van der Waals surface area contributed by atoms with Crippen LogP contribution in [0.25, 0.3) is 0 Å². The summed E-state index contributed by atoms with van der Waals surface area (Å²) in [6.07, 6.45) is 5.44. The SMILES string of the molecule is COc1ccc(C(=O)COc2ccccc2N2C(=O)[C@H]3[C@@H]4C=C[C@@H]([C@H]5C[C@H]45)[C@@H]3C2=O)cc1. The normalized spacial score (nSPS) is 31.3. The largest absolute Gasteiger partial charge is 0.497 e. The third-order valence-corrected chi connectivity index (χ3v) is 7.54. The molecule has 2 bridgehead atoms. The summed E-state index contributed by atoms with van der Waals surface area (Å²) in [5.41, 5.74) is 0.928. The third kappa shape index (κ3) is 2.75. The summed E-state index contributed by atoms with van der Waals surface area (Å²) in [5.74, 6) is 1.46. The molecule has 2 amide bonds. The van der Waals surface area contributed by atoms with Crippen molar-refractivity contribution in [2.45, 2.75) is 6.42 Å². The highest BCUT2D eigenvalue weighted by molar-refractivity contribution is 6.23. The predicted molar refractivity (Wildman–Crippen MR) is 116 cm³/mol. The number of ketones is 1. The second-order valence-corrected chi connectivity index (χ2v) is 9.07. The van der Waals surface area contributed by atoms with E-state index in [4.69, 9.17) is 9.47 Å². The van der Waals surface area contributed by atoms with Crippen LogP contribution >= 0.6 is 0 Å². The van der Waals surface area contributed by atoms with Crippen LogP contribution in [-0.4, -0.2) is 31.3 Å². The maximum atomic E-state index is 13.4. The fraction of sp³-hybridized carbons (Fsp3) is 0.346. The first kappa shape index (κ1) is 19.3. The van der Waals surface area contributed by atoms with Crippen molar-refractivity contribution in [2.75, 3.05) is 18.6 Å². The van der Waals surface area contributed by atoms with E-state index < -0.39 is 0 Å². The lowest BCUT2D eigenvalue weighted by atomic mass is 9.63. The van der Waals surface area contributed by atoms with Crippen LogP contribution in [0.4, 0.5) is 5.69 Å². The zero-order valence-corrected chi connectivity index (χ0v) is 17.6. The molecule has 0 radical (unpaired) electrons. The lowest BCUT2D eigenvalue weighted by molar-refractivity contribution is -0.124. The number of methoxy groups -OCH3 is 1. The summed E-state index contributed by atoms with van der Waals surface area (Å²) in [4.78, 5) is 40.7. The first-order valence-electron chi connectivity index (χ1n) is 11.0. The maximum absolute atomic E-state index is 13.4. The van der Waals surface area contributed by atoms with Gasteiger partial charge in [-0.25, -0.2) is 4.90 Å². The number of ether oxygens (including phenoxy) is 2. The number of Topliss-reactive ketones (excluding diaryl/α,β-unsaturated/α-hetero) is 1. The van der Waals surface area contributed by atoms with Crippen LogP contribution in [0.5, 0.6) is 11.5 Å². The molecule has 0 unspecified atom stereocenters. The number of benzene rings is 2. The molecule has 1 aliphatic heterocycles. The monoisotopic (exact) mass is 429 g/mol. The third-order valence-electron chi connectivity index (χ3n) is 7.54. The summed E-state index contributed by atoms with van der Waals surface area (Å²) < 4.78 is 11.0. The number of hydrogen-bond acceptors (Lipinski definition) is 5. The zero-order chi connectivity index (χ0) is 22.0. The molecule has 6 heteroatoms. The van der Waals surface area contributed by atoms with Crippen molar-refractivity contribution < 1.29 is 23.9 Å². The molecule has 0 N–H and O–H groups in total. The van der Waals surface area contributed by atoms with Gasteiger partial charge in [-0.05, 0) is 66.5 Å². The van der Waals surface area contributed by atoms with E-state index in [1.807, 2.05) is 0 Å². The van der Waals surface area contributed by atoms with E-state index in [1.54, 1.807) is 55.6 Å². The minimum atomic E-state index is -0.268. The molecule has 7 rings (SSSR count). The first-order chi connectivity index (χ1) is 15.6. The van der Waals surface area contributed by atoms with Crippen molar-refractivity contribution in [1.29, 1.82) is 0 Å². The number of hydrogen-bond donors (Lipinski definition) is 0. The molecular formula is C26H23NO5. The molecule has 3 fully saturated rings. The van der Waals surface area contributed by atoms with E-state index in [2.05, 4.69) is 12.2 Å². The average Bonchev–Trinajstić information content (AvgIpc) is 3.61. The number of allylic oxidation sites excluding steroid dienone is 2. The Hall–Kier alpha value is -3.41. The number of carbonyl (C=O) groups is 3. The van der Waals surface area contributed by atoms with Crippen LogP contribution in [-0.2, 0) is 9.59 Å². The van der Waals surface area contributed by atoms with Crippen molar-refractivity contribution in [3.05, 3.63) is 66.2 Å². The Morgan fingerprint density at radius 1 is 0.938 bits per heavy atom. The molecule has 0 aromatic heterocycles. The van der Waals surface area contributed by atoms with E-state index in [9.17, 15) is 14.4 Å². The second kappa shape index (κ2) is 7.05. The number of nitrogens with zero attached hydrogens (tertiary/aromatic N) is 1. The highest BCUT2D eigenvalue weighted by Gasteiger charge is 2.67. The van der Waals surface area contributed by atoms with Gasteiger partial charge in [0, 0.05) is 5.56 Å². The molecular weight excluding hydrogens is 406 g/mol. The Labute approximate surface area is 185 Å². The summed E-state index contributed by atoms with van der Waals surface area (Å²) in [6, 6.07) is 13.8. The number of carbonyl (C=O) groups excluding carboxylic acids is 3. The van der Waals surface area contributed by atoms with E-state index in [0.717, 1.165) is 6.42 Å². The van der Waals surface area contributed by atoms with Crippen LogP contribution in [0.1, 0.15) is 16.8 Å². The van der Waals surface area contributed by atoms with Crippen LogP contribution < -0.4 is 14.4 Å². The molecule has 1 saturated heterocycles. The maximum Gasteiger partial charge on any atom is 0.238 e. The van der Waals surface area contributed by atoms with Crippen LogP contribution in [0.3, 0.4) is 0 Å². The van der Waals surface area contributed by atoms with E-state index >= 15 is 0 Å². The van der Waals surface area contributed by atoms with Gasteiger partial charge in [-0.15, -0.1) is 0 Å². The Balaban J connectivity index is 1.24. The molecule has 4 aliphatic carbocycles. The van der Waals surface area contributed by atoms with Crippen molar-refractivity contribution >= 4 is 23.3 Å². The van der Waals surface area contributed by atoms with Gasteiger partial charge >= 0.3 is 0 Å². The average molecular weight is 429 g/mol. The number of amides is 2. The fourth-order valence-electron chi connectivity index (χ4n) is 5.96. The van der Waals surface area contributed by atoms with Gasteiger partial charge in [0.25, 0.3) is 0 Å². The fourth-order valence-corrected chi connectivity index (χ4v) is 5.96. The Bertz CT molecular complexity index is 1120. The highest BCUT2D eigenvalue weighted by Crippen LogP contribution is 2.65. The summed E-state index contributed by atoms with van der Waals surface area (Å²) in [7, 11) is 1.57. The molecule has 2 saturated carbocycles. The minimum Gasteiger partial charge on any atom is -0.497 e. The van der Waals surface area contributed by atoms with Gasteiger partial charge < -0.3 is 9.47 Å². The zero-order valence-electron chi connectivity index (χ0n) is 17.6. The topological polar surface area (TPSA) is 72.9 Å². The Morgan fingerprint density at radius 2 is 1.56 bits per heavy atom. The summed E-state index contributed by atoms with van der Waals surface area (Å²) >= 11 is 0. The van der Waals surface area contributed by atoms with Gasteiger partial charge in [0.05, 0.1) is 24.6 Å². The molecule has 162 valence electrons. The molecule has 32 heavy (non-hydrogen) atoms. The van der Waals surface area contributed by atoms with Gasteiger partial charge in [-0.1, -0.05) is 24.3 Å². The van der Waals surface area contributed by atoms with E-state index in [1.165, 1.54) is 4.90 Å². The van der Waals surface area contributed by atoms with Gasteiger partial charge in [0.1, 0.15) is 11.5 Å². The van der Waals surface area contributed by atoms with Crippen molar-refractivity contribution in [3.63, 3.8) is 0 Å². The highest BCUT2D eigenvalue weighted by atomic mass is 16.5. The number of para-hydroxylation sites is 2. The minimum absolute atomic E-state index is 0.137. The summed E-state index contributed by atoms with van der Waals surface area (Å²) in [5, 5.41) is 0. The molecule has 6 nitrogen and oxygen atoms in total. The number of anilines is 1. The van der Waals surface area contributed by atoms with Crippen LogP contribution in [0, 0.1) is 35.5 Å². The molecule has 0 spiro atoms. The standard InChI is InChI=1S/C26H23NO5/c1-31-15-8-6-14(7-9-15)21(28)13-32-22-5-3-2-4-20(22)27-25(29)23-16-10-11-17(19-12-18(16)19)24(23)26(27)30/h2-11,16-19,23-24H,12-13H2,1H3/t16-,17+,18-,19-,23+,24+/m1/s1. The molecule has 2 aromatic carbocycles. The van der Waals surface area contributed by atoms with E-state index in [0.29, 0.717) is 34.6 Å². The van der Waals surface area contributed by atoms with Gasteiger partial charge in [0.2, 0.25) is 11.8 Å². The molecule has 5 aliphatic rings. The summed E-state index contributed by atoms with van der Waals surface area (Å²) in [6.45, 7) is -0.191. The van der Waals surface area contributed by atoms with Crippen molar-refractivity contribution in [2.24, 2.45) is 35.5 Å². The first-order valence-corrected chi connectivity index (χ1v) is 11.0. The predicted octanol–water partition coefficient (Wildman–Crippen LogP) is 3.51.